The Balaban J connectivity index is 1.72. The van der Waals surface area contributed by atoms with Gasteiger partial charge in [-0.2, -0.15) is 0 Å². The fraction of sp³-hybridized carbons (Fsp3) is 0.150. The molecule has 28 heavy (non-hydrogen) atoms. The summed E-state index contributed by atoms with van der Waals surface area (Å²) in [6, 6.07) is 14.5. The number of nitrogens with one attached hydrogen (secondary N) is 1. The van der Waals surface area contributed by atoms with Crippen molar-refractivity contribution in [3.63, 3.8) is 0 Å². The fourth-order valence-corrected chi connectivity index (χ4v) is 3.15. The number of carboxylic acids is 1. The number of aromatic amines is 1. The van der Waals surface area contributed by atoms with Gasteiger partial charge in [-0.05, 0) is 53.2 Å². The van der Waals surface area contributed by atoms with Crippen molar-refractivity contribution in [1.29, 1.82) is 0 Å². The van der Waals surface area contributed by atoms with Gasteiger partial charge in [0.1, 0.15) is 18.2 Å². The van der Waals surface area contributed by atoms with Crippen LogP contribution in [-0.2, 0) is 17.8 Å². The standard InChI is InChI=1S/C20H18ClN3O3S/c1-2-18-22-20(24-23-18)28-17(19(25)26)11-14-4-3-5-16(10-14)27-12-13-6-8-15(21)9-7-13/h3-11H,2,12H2,1H3,(H,25,26)(H,22,23,24)/p-1/b17-11-. The summed E-state index contributed by atoms with van der Waals surface area (Å²) in [5, 5.41) is 19.3. The number of hydrogen-bond donors (Lipinski definition) is 1. The molecule has 1 heterocycles. The van der Waals surface area contributed by atoms with E-state index in [4.69, 9.17) is 16.3 Å². The van der Waals surface area contributed by atoms with Gasteiger partial charge in [-0.15, -0.1) is 5.10 Å². The summed E-state index contributed by atoms with van der Waals surface area (Å²) in [7, 11) is 0. The van der Waals surface area contributed by atoms with Crippen molar-refractivity contribution in [2.45, 2.75) is 25.1 Å². The Morgan fingerprint density at radius 2 is 2.07 bits per heavy atom. The molecule has 0 radical (unpaired) electrons. The number of aryl methyl sites for hydroxylation is 1. The maximum Gasteiger partial charge on any atom is 0.213 e. The smallest absolute Gasteiger partial charge is 0.213 e. The Hall–Kier alpha value is -2.77. The first-order valence-corrected chi connectivity index (χ1v) is 9.72. The van der Waals surface area contributed by atoms with E-state index < -0.39 is 5.97 Å². The van der Waals surface area contributed by atoms with Crippen molar-refractivity contribution in [2.75, 3.05) is 0 Å². The van der Waals surface area contributed by atoms with E-state index in [0.29, 0.717) is 40.3 Å². The van der Waals surface area contributed by atoms with Crippen LogP contribution in [0.15, 0.2) is 58.6 Å². The van der Waals surface area contributed by atoms with E-state index in [0.717, 1.165) is 17.3 Å². The van der Waals surface area contributed by atoms with Crippen LogP contribution in [0.25, 0.3) is 6.08 Å². The molecule has 0 amide bonds. The molecule has 0 fully saturated rings. The lowest BCUT2D eigenvalue weighted by molar-refractivity contribution is -0.297. The Bertz CT molecular complexity index is 986. The van der Waals surface area contributed by atoms with Crippen molar-refractivity contribution in [3.05, 3.63) is 75.4 Å². The number of aromatic nitrogens is 3. The molecule has 144 valence electrons. The highest BCUT2D eigenvalue weighted by Crippen LogP contribution is 2.26. The van der Waals surface area contributed by atoms with E-state index in [2.05, 4.69) is 15.2 Å². The summed E-state index contributed by atoms with van der Waals surface area (Å²) in [6.07, 6.45) is 2.20. The molecule has 0 saturated carbocycles. The van der Waals surface area contributed by atoms with Gasteiger partial charge in [-0.1, -0.05) is 42.8 Å². The third-order valence-electron chi connectivity index (χ3n) is 3.72. The summed E-state index contributed by atoms with van der Waals surface area (Å²) >= 11 is 6.82. The van der Waals surface area contributed by atoms with Crippen molar-refractivity contribution in [1.82, 2.24) is 15.2 Å². The second-order valence-electron chi connectivity index (χ2n) is 5.80. The molecule has 0 spiro atoms. The maximum absolute atomic E-state index is 11.5. The molecule has 0 atom stereocenters. The summed E-state index contributed by atoms with van der Waals surface area (Å²) in [6.45, 7) is 2.31. The predicted molar refractivity (Wildman–Crippen MR) is 107 cm³/mol. The van der Waals surface area contributed by atoms with E-state index in [1.165, 1.54) is 6.08 Å². The number of nitrogens with zero attached hydrogens (tertiary/aromatic N) is 2. The Labute approximate surface area is 171 Å². The predicted octanol–water partition coefficient (Wildman–Crippen LogP) is 3.48. The lowest BCUT2D eigenvalue weighted by Gasteiger charge is -2.09. The number of aliphatic carboxylic acids is 1. The first-order chi connectivity index (χ1) is 13.5. The van der Waals surface area contributed by atoms with Gasteiger partial charge in [-0.3, -0.25) is 5.10 Å². The highest BCUT2D eigenvalue weighted by atomic mass is 35.5. The lowest BCUT2D eigenvalue weighted by Crippen LogP contribution is -2.23. The number of thioether (sulfide) groups is 1. The van der Waals surface area contributed by atoms with Crippen LogP contribution >= 0.6 is 23.4 Å². The highest BCUT2D eigenvalue weighted by Gasteiger charge is 2.08. The van der Waals surface area contributed by atoms with Crippen LogP contribution in [0.3, 0.4) is 0 Å². The molecule has 0 aliphatic rings. The number of carboxylic acid groups (broad SMARTS) is 1. The maximum atomic E-state index is 11.5. The third kappa shape index (κ3) is 5.61. The van der Waals surface area contributed by atoms with Gasteiger partial charge in [0.25, 0.3) is 0 Å². The normalized spacial score (nSPS) is 11.4. The molecule has 0 bridgehead atoms. The average Bonchev–Trinajstić information content (AvgIpc) is 3.15. The quantitative estimate of drug-likeness (QED) is 0.448. The van der Waals surface area contributed by atoms with Crippen LogP contribution in [0.2, 0.25) is 5.02 Å². The number of carbonyl (C=O) groups excluding carboxylic acids is 1. The van der Waals surface area contributed by atoms with Crippen LogP contribution in [0.1, 0.15) is 23.9 Å². The molecule has 0 aliphatic heterocycles. The van der Waals surface area contributed by atoms with E-state index in [9.17, 15) is 9.90 Å². The monoisotopic (exact) mass is 414 g/mol. The highest BCUT2D eigenvalue weighted by molar-refractivity contribution is 8.04. The second kappa shape index (κ2) is 9.43. The fourth-order valence-electron chi connectivity index (χ4n) is 2.30. The third-order valence-corrected chi connectivity index (χ3v) is 4.84. The SMILES string of the molecule is CCc1nc(S/C(=C\c2cccc(OCc3ccc(Cl)cc3)c2)C(=O)[O-])n[nH]1. The Kier molecular flexibility index (Phi) is 6.73. The number of halogens is 1. The number of rotatable bonds is 8. The van der Waals surface area contributed by atoms with E-state index in [-0.39, 0.29) is 4.91 Å². The summed E-state index contributed by atoms with van der Waals surface area (Å²) in [5.74, 6) is 0.0238. The Morgan fingerprint density at radius 1 is 1.29 bits per heavy atom. The zero-order valence-electron chi connectivity index (χ0n) is 15.0. The van der Waals surface area contributed by atoms with E-state index in [1.807, 2.05) is 25.1 Å². The number of H-pyrrole nitrogens is 1. The van der Waals surface area contributed by atoms with Crippen LogP contribution in [-0.4, -0.2) is 21.2 Å². The molecule has 6 nitrogen and oxygen atoms in total. The van der Waals surface area contributed by atoms with Crippen LogP contribution in [0.4, 0.5) is 0 Å². The first-order valence-electron chi connectivity index (χ1n) is 8.53. The minimum Gasteiger partial charge on any atom is -0.544 e. The van der Waals surface area contributed by atoms with E-state index in [1.54, 1.807) is 30.3 Å². The second-order valence-corrected chi connectivity index (χ2v) is 7.25. The van der Waals surface area contributed by atoms with Crippen LogP contribution in [0.5, 0.6) is 5.75 Å². The van der Waals surface area contributed by atoms with Crippen molar-refractivity contribution in [3.8, 4) is 5.75 Å². The Morgan fingerprint density at radius 3 is 2.75 bits per heavy atom. The van der Waals surface area contributed by atoms with Gasteiger partial charge < -0.3 is 14.6 Å². The zero-order chi connectivity index (χ0) is 19.9. The molecular weight excluding hydrogens is 398 g/mol. The largest absolute Gasteiger partial charge is 0.544 e. The molecule has 0 saturated heterocycles. The van der Waals surface area contributed by atoms with Gasteiger partial charge in [0, 0.05) is 16.3 Å². The van der Waals surface area contributed by atoms with Crippen molar-refractivity contribution in [2.24, 2.45) is 0 Å². The number of carbonyl (C=O) groups is 1. The van der Waals surface area contributed by atoms with Gasteiger partial charge in [0.2, 0.25) is 5.16 Å². The van der Waals surface area contributed by atoms with Gasteiger partial charge in [0.05, 0.1) is 5.97 Å². The van der Waals surface area contributed by atoms with Crippen LogP contribution < -0.4 is 9.84 Å². The summed E-state index contributed by atoms with van der Waals surface area (Å²) < 4.78 is 5.78. The van der Waals surface area contributed by atoms with Crippen LogP contribution in [0, 0.1) is 0 Å². The average molecular weight is 415 g/mol. The van der Waals surface area contributed by atoms with Gasteiger partial charge in [-0.25, -0.2) is 4.98 Å². The topological polar surface area (TPSA) is 90.9 Å². The molecule has 8 heteroatoms. The molecule has 0 unspecified atom stereocenters. The minimum atomic E-state index is -1.29. The van der Waals surface area contributed by atoms with Crippen molar-refractivity contribution >= 4 is 35.4 Å². The number of benzene rings is 2. The first kappa shape index (κ1) is 20.0. The molecular formula is C20H17ClN3O3S-. The molecule has 3 rings (SSSR count). The minimum absolute atomic E-state index is 0.0107. The zero-order valence-corrected chi connectivity index (χ0v) is 16.6. The lowest BCUT2D eigenvalue weighted by atomic mass is 10.2. The van der Waals surface area contributed by atoms with E-state index >= 15 is 0 Å². The molecule has 1 aromatic heterocycles. The van der Waals surface area contributed by atoms with Gasteiger partial charge >= 0.3 is 0 Å². The summed E-state index contributed by atoms with van der Waals surface area (Å²) in [5.41, 5.74) is 1.65. The summed E-state index contributed by atoms with van der Waals surface area (Å²) in [4.78, 5) is 15.7. The molecule has 0 aliphatic carbocycles. The van der Waals surface area contributed by atoms with Crippen molar-refractivity contribution < 1.29 is 14.6 Å². The number of hydrogen-bond acceptors (Lipinski definition) is 6. The molecule has 3 aromatic rings. The van der Waals surface area contributed by atoms with Gasteiger partial charge in [0.15, 0.2) is 0 Å². The molecule has 1 N–H and O–H groups in total. The number of ether oxygens (including phenoxy) is 1. The molecule has 2 aromatic carbocycles.